The van der Waals surface area contributed by atoms with E-state index < -0.39 is 23.0 Å². The van der Waals surface area contributed by atoms with Gasteiger partial charge in [0, 0.05) is 40.9 Å². The first-order valence-corrected chi connectivity index (χ1v) is 11.9. The van der Waals surface area contributed by atoms with E-state index in [9.17, 15) is 14.7 Å². The van der Waals surface area contributed by atoms with Gasteiger partial charge in [0.15, 0.2) is 5.41 Å². The maximum absolute atomic E-state index is 13.6. The summed E-state index contributed by atoms with van der Waals surface area (Å²) in [5.41, 5.74) is -2.92. The normalized spacial score (nSPS) is 26.8. The van der Waals surface area contributed by atoms with E-state index in [1.165, 1.54) is 0 Å². The number of carbonyl (C=O) groups is 2. The second-order valence-electron chi connectivity index (χ2n) is 12.8. The standard InChI is InChI=1S/C25H46N2O4/c1-11-24(12-2,18(28)29)19(30)31-25(15-22(7,8)27-23(9,10)16-25)17-13-20(3,4)26-21(5,6)14-17/h17,26-27H,11-16H2,1-10H3,(H,28,29). The summed E-state index contributed by atoms with van der Waals surface area (Å²) in [5, 5.41) is 17.4. The monoisotopic (exact) mass is 438 g/mol. The molecular weight excluding hydrogens is 392 g/mol. The highest BCUT2D eigenvalue weighted by atomic mass is 16.6. The Bertz CT molecular complexity index is 672. The summed E-state index contributed by atoms with van der Waals surface area (Å²) < 4.78 is 6.50. The van der Waals surface area contributed by atoms with E-state index in [2.05, 4.69) is 66.0 Å². The van der Waals surface area contributed by atoms with Crippen LogP contribution in [0.15, 0.2) is 0 Å². The van der Waals surface area contributed by atoms with Gasteiger partial charge in [-0.3, -0.25) is 9.59 Å². The molecule has 180 valence electrons. The molecule has 0 amide bonds. The largest absolute Gasteiger partial charge is 0.480 e. The van der Waals surface area contributed by atoms with Crippen LogP contribution in [0.25, 0.3) is 0 Å². The minimum Gasteiger partial charge on any atom is -0.480 e. The molecule has 31 heavy (non-hydrogen) atoms. The number of hydrogen-bond donors (Lipinski definition) is 3. The minimum absolute atomic E-state index is 0.107. The molecule has 3 N–H and O–H groups in total. The molecule has 2 heterocycles. The van der Waals surface area contributed by atoms with Crippen LogP contribution >= 0.6 is 0 Å². The van der Waals surface area contributed by atoms with E-state index in [4.69, 9.17) is 4.74 Å². The minimum atomic E-state index is -1.50. The summed E-state index contributed by atoms with van der Waals surface area (Å²) in [6.07, 6.45) is 3.51. The van der Waals surface area contributed by atoms with Crippen molar-refractivity contribution in [3.63, 3.8) is 0 Å². The second-order valence-corrected chi connectivity index (χ2v) is 12.8. The first-order chi connectivity index (χ1) is 13.8. The highest BCUT2D eigenvalue weighted by Gasteiger charge is 2.58. The fourth-order valence-corrected chi connectivity index (χ4v) is 6.91. The second kappa shape index (κ2) is 8.02. The lowest BCUT2D eigenvalue weighted by atomic mass is 9.60. The molecule has 2 aliphatic heterocycles. The number of rotatable bonds is 6. The quantitative estimate of drug-likeness (QED) is 0.413. The number of carboxylic acid groups (broad SMARTS) is 1. The predicted octanol–water partition coefficient (Wildman–Crippen LogP) is 4.66. The molecule has 0 bridgehead atoms. The number of aliphatic carboxylic acids is 1. The van der Waals surface area contributed by atoms with Gasteiger partial charge in [0.2, 0.25) is 0 Å². The van der Waals surface area contributed by atoms with Crippen LogP contribution in [0.1, 0.15) is 108 Å². The third-order valence-corrected chi connectivity index (χ3v) is 7.40. The number of piperidine rings is 2. The molecule has 0 saturated carbocycles. The topological polar surface area (TPSA) is 87.7 Å². The molecule has 6 nitrogen and oxygen atoms in total. The van der Waals surface area contributed by atoms with Gasteiger partial charge in [-0.25, -0.2) is 0 Å². The Kier molecular flexibility index (Phi) is 6.75. The molecule has 0 spiro atoms. The van der Waals surface area contributed by atoms with Crippen LogP contribution in [0.2, 0.25) is 0 Å². The Balaban J connectivity index is 2.59. The summed E-state index contributed by atoms with van der Waals surface area (Å²) in [5.74, 6) is -1.53. The number of carbonyl (C=O) groups excluding carboxylic acids is 1. The summed E-state index contributed by atoms with van der Waals surface area (Å²) in [7, 11) is 0. The highest BCUT2D eigenvalue weighted by molar-refractivity contribution is 5.99. The van der Waals surface area contributed by atoms with Gasteiger partial charge in [-0.1, -0.05) is 13.8 Å². The maximum Gasteiger partial charge on any atom is 0.324 e. The number of ether oxygens (including phenoxy) is 1. The molecular formula is C25H46N2O4. The van der Waals surface area contributed by atoms with Crippen molar-refractivity contribution >= 4 is 11.9 Å². The van der Waals surface area contributed by atoms with Crippen molar-refractivity contribution in [3.05, 3.63) is 0 Å². The molecule has 2 rings (SSSR count). The Morgan fingerprint density at radius 1 is 0.839 bits per heavy atom. The molecule has 2 saturated heterocycles. The van der Waals surface area contributed by atoms with Crippen molar-refractivity contribution < 1.29 is 19.4 Å². The summed E-state index contributed by atoms with van der Waals surface area (Å²) in [6.45, 7) is 20.9. The average Bonchev–Trinajstić information content (AvgIpc) is 2.50. The molecule has 2 aliphatic rings. The van der Waals surface area contributed by atoms with Gasteiger partial charge < -0.3 is 20.5 Å². The van der Waals surface area contributed by atoms with E-state index in [1.807, 2.05) is 0 Å². The van der Waals surface area contributed by atoms with Crippen LogP contribution in [0, 0.1) is 11.3 Å². The van der Waals surface area contributed by atoms with Crippen LogP contribution in [-0.4, -0.2) is 44.8 Å². The molecule has 6 heteroatoms. The van der Waals surface area contributed by atoms with Crippen LogP contribution in [-0.2, 0) is 14.3 Å². The van der Waals surface area contributed by atoms with E-state index in [0.717, 1.165) is 12.8 Å². The molecule has 0 aliphatic carbocycles. The lowest BCUT2D eigenvalue weighted by Gasteiger charge is -2.59. The number of carboxylic acids is 1. The molecule has 2 fully saturated rings. The smallest absolute Gasteiger partial charge is 0.324 e. The van der Waals surface area contributed by atoms with Crippen molar-refractivity contribution in [2.45, 2.75) is 136 Å². The Morgan fingerprint density at radius 2 is 1.23 bits per heavy atom. The summed E-state index contributed by atoms with van der Waals surface area (Å²) in [4.78, 5) is 25.8. The highest BCUT2D eigenvalue weighted by Crippen LogP contribution is 2.51. The molecule has 0 radical (unpaired) electrons. The van der Waals surface area contributed by atoms with Gasteiger partial charge in [0.25, 0.3) is 0 Å². The lowest BCUT2D eigenvalue weighted by molar-refractivity contribution is -0.201. The van der Waals surface area contributed by atoms with E-state index in [1.54, 1.807) is 13.8 Å². The Labute approximate surface area is 189 Å². The number of esters is 1. The molecule has 0 aromatic carbocycles. The first-order valence-electron chi connectivity index (χ1n) is 11.9. The Morgan fingerprint density at radius 3 is 1.58 bits per heavy atom. The van der Waals surface area contributed by atoms with Crippen molar-refractivity contribution in [1.29, 1.82) is 0 Å². The van der Waals surface area contributed by atoms with Gasteiger partial charge in [0.05, 0.1) is 0 Å². The summed E-state index contributed by atoms with van der Waals surface area (Å²) in [6, 6.07) is 0. The zero-order chi connectivity index (χ0) is 24.1. The third-order valence-electron chi connectivity index (χ3n) is 7.40. The average molecular weight is 439 g/mol. The third kappa shape index (κ3) is 5.44. The van der Waals surface area contributed by atoms with Gasteiger partial charge in [-0.05, 0) is 81.1 Å². The molecule has 0 aromatic heterocycles. The van der Waals surface area contributed by atoms with E-state index in [0.29, 0.717) is 12.8 Å². The molecule has 0 unspecified atom stereocenters. The zero-order valence-electron chi connectivity index (χ0n) is 21.5. The van der Waals surface area contributed by atoms with Crippen molar-refractivity contribution in [3.8, 4) is 0 Å². The fourth-order valence-electron chi connectivity index (χ4n) is 6.91. The van der Waals surface area contributed by atoms with Crippen molar-refractivity contribution in [2.75, 3.05) is 0 Å². The van der Waals surface area contributed by atoms with Gasteiger partial charge in [-0.15, -0.1) is 0 Å². The zero-order valence-corrected chi connectivity index (χ0v) is 21.5. The van der Waals surface area contributed by atoms with Crippen LogP contribution in [0.4, 0.5) is 0 Å². The van der Waals surface area contributed by atoms with Crippen LogP contribution < -0.4 is 10.6 Å². The van der Waals surface area contributed by atoms with E-state index in [-0.39, 0.29) is 40.9 Å². The maximum atomic E-state index is 13.6. The number of nitrogens with one attached hydrogen (secondary N) is 2. The van der Waals surface area contributed by atoms with E-state index >= 15 is 0 Å². The SMILES string of the molecule is CCC(CC)(C(=O)O)C(=O)OC1(C2CC(C)(C)NC(C)(C)C2)CC(C)(C)NC(C)(C)C1. The Hall–Kier alpha value is -1.14. The van der Waals surface area contributed by atoms with Crippen LogP contribution in [0.5, 0.6) is 0 Å². The molecule has 0 atom stereocenters. The lowest BCUT2D eigenvalue weighted by Crippen LogP contribution is -2.70. The van der Waals surface area contributed by atoms with Crippen LogP contribution in [0.3, 0.4) is 0 Å². The predicted molar refractivity (Wildman–Crippen MR) is 124 cm³/mol. The number of hydrogen-bond acceptors (Lipinski definition) is 5. The fraction of sp³-hybridized carbons (Fsp3) is 0.920. The van der Waals surface area contributed by atoms with Gasteiger partial charge in [-0.2, -0.15) is 0 Å². The van der Waals surface area contributed by atoms with Gasteiger partial charge in [0.1, 0.15) is 5.60 Å². The first kappa shape index (κ1) is 26.1. The van der Waals surface area contributed by atoms with Crippen molar-refractivity contribution in [2.24, 2.45) is 11.3 Å². The molecule has 0 aromatic rings. The van der Waals surface area contributed by atoms with Gasteiger partial charge >= 0.3 is 11.9 Å². The summed E-state index contributed by atoms with van der Waals surface area (Å²) >= 11 is 0. The van der Waals surface area contributed by atoms with Crippen molar-refractivity contribution in [1.82, 2.24) is 10.6 Å².